The van der Waals surface area contributed by atoms with Gasteiger partial charge < -0.3 is 14.6 Å². The number of aromatic nitrogens is 1. The standard InChI is InChI=1S/C13H15N3O3/c1-3-18-11-7-5-4-6-10(11)14-13(17)15-12-8-9(2)19-16-12/h4-8H,3H2,1-2H3,(H2,14,15,16,17). The Morgan fingerprint density at radius 2 is 2.16 bits per heavy atom. The lowest BCUT2D eigenvalue weighted by Gasteiger charge is -2.10. The molecule has 0 unspecified atom stereocenters. The summed E-state index contributed by atoms with van der Waals surface area (Å²) in [6.07, 6.45) is 0. The van der Waals surface area contributed by atoms with Gasteiger partial charge in [-0.3, -0.25) is 5.32 Å². The fourth-order valence-electron chi connectivity index (χ4n) is 1.55. The van der Waals surface area contributed by atoms with Crippen molar-refractivity contribution in [2.45, 2.75) is 13.8 Å². The maximum Gasteiger partial charge on any atom is 0.325 e. The number of benzene rings is 1. The van der Waals surface area contributed by atoms with Crippen LogP contribution in [-0.2, 0) is 0 Å². The number of rotatable bonds is 4. The van der Waals surface area contributed by atoms with E-state index in [2.05, 4.69) is 15.8 Å². The third kappa shape index (κ3) is 3.48. The van der Waals surface area contributed by atoms with E-state index in [9.17, 15) is 4.79 Å². The first kappa shape index (κ1) is 12.9. The molecule has 100 valence electrons. The molecular weight excluding hydrogens is 246 g/mol. The minimum Gasteiger partial charge on any atom is -0.492 e. The number of ether oxygens (including phenoxy) is 1. The second-order valence-corrected chi connectivity index (χ2v) is 3.83. The zero-order valence-corrected chi connectivity index (χ0v) is 10.8. The molecule has 19 heavy (non-hydrogen) atoms. The Hall–Kier alpha value is -2.50. The summed E-state index contributed by atoms with van der Waals surface area (Å²) in [5.74, 6) is 1.62. The molecule has 0 aliphatic rings. The van der Waals surface area contributed by atoms with Gasteiger partial charge in [0.1, 0.15) is 11.5 Å². The Kier molecular flexibility index (Phi) is 4.02. The van der Waals surface area contributed by atoms with Gasteiger partial charge in [-0.05, 0) is 26.0 Å². The zero-order valence-electron chi connectivity index (χ0n) is 10.8. The maximum atomic E-state index is 11.8. The van der Waals surface area contributed by atoms with Gasteiger partial charge in [0.15, 0.2) is 5.82 Å². The molecule has 6 heteroatoms. The summed E-state index contributed by atoms with van der Waals surface area (Å²) < 4.78 is 10.3. The molecule has 0 fully saturated rings. The van der Waals surface area contributed by atoms with E-state index in [4.69, 9.17) is 9.26 Å². The first-order valence-corrected chi connectivity index (χ1v) is 5.92. The Morgan fingerprint density at radius 3 is 2.84 bits per heavy atom. The minimum absolute atomic E-state index is 0.365. The van der Waals surface area contributed by atoms with E-state index in [0.717, 1.165) is 0 Å². The molecule has 0 aliphatic heterocycles. The van der Waals surface area contributed by atoms with Crippen LogP contribution in [0.1, 0.15) is 12.7 Å². The van der Waals surface area contributed by atoms with E-state index >= 15 is 0 Å². The lowest BCUT2D eigenvalue weighted by atomic mass is 10.3. The Morgan fingerprint density at radius 1 is 1.37 bits per heavy atom. The number of aryl methyl sites for hydroxylation is 1. The van der Waals surface area contributed by atoms with Crippen LogP contribution in [0.2, 0.25) is 0 Å². The first-order valence-electron chi connectivity index (χ1n) is 5.92. The highest BCUT2D eigenvalue weighted by Gasteiger charge is 2.09. The van der Waals surface area contributed by atoms with Crippen LogP contribution < -0.4 is 15.4 Å². The molecule has 6 nitrogen and oxygen atoms in total. The maximum absolute atomic E-state index is 11.8. The molecule has 2 N–H and O–H groups in total. The molecule has 2 amide bonds. The van der Waals surface area contributed by atoms with E-state index in [1.54, 1.807) is 25.1 Å². The van der Waals surface area contributed by atoms with Crippen molar-refractivity contribution in [3.63, 3.8) is 0 Å². The van der Waals surface area contributed by atoms with E-state index in [-0.39, 0.29) is 0 Å². The number of nitrogens with one attached hydrogen (secondary N) is 2. The van der Waals surface area contributed by atoms with Crippen molar-refractivity contribution in [3.8, 4) is 5.75 Å². The van der Waals surface area contributed by atoms with Crippen LogP contribution in [0.25, 0.3) is 0 Å². The summed E-state index contributed by atoms with van der Waals surface area (Å²) in [5, 5.41) is 8.94. The van der Waals surface area contributed by atoms with Gasteiger partial charge in [0.25, 0.3) is 0 Å². The molecule has 0 aliphatic carbocycles. The third-order valence-electron chi connectivity index (χ3n) is 2.30. The van der Waals surface area contributed by atoms with Crippen molar-refractivity contribution in [1.29, 1.82) is 0 Å². The second-order valence-electron chi connectivity index (χ2n) is 3.83. The first-order chi connectivity index (χ1) is 9.19. The lowest BCUT2D eigenvalue weighted by molar-refractivity contribution is 0.261. The summed E-state index contributed by atoms with van der Waals surface area (Å²) in [4.78, 5) is 11.8. The van der Waals surface area contributed by atoms with Crippen LogP contribution in [0.5, 0.6) is 5.75 Å². The van der Waals surface area contributed by atoms with Gasteiger partial charge in [-0.25, -0.2) is 4.79 Å². The number of carbonyl (C=O) groups excluding carboxylic acids is 1. The highest BCUT2D eigenvalue weighted by Crippen LogP contribution is 2.23. The molecule has 0 spiro atoms. The quantitative estimate of drug-likeness (QED) is 0.886. The second kappa shape index (κ2) is 5.90. The summed E-state index contributed by atoms with van der Waals surface area (Å²) in [6, 6.07) is 8.44. The molecule has 0 atom stereocenters. The summed E-state index contributed by atoms with van der Waals surface area (Å²) >= 11 is 0. The van der Waals surface area contributed by atoms with E-state index in [1.807, 2.05) is 19.1 Å². The summed E-state index contributed by atoms with van der Waals surface area (Å²) in [5.41, 5.74) is 0.599. The predicted molar refractivity (Wildman–Crippen MR) is 71.5 cm³/mol. The molecule has 1 heterocycles. The summed E-state index contributed by atoms with van der Waals surface area (Å²) in [7, 11) is 0. The largest absolute Gasteiger partial charge is 0.492 e. The van der Waals surface area contributed by atoms with E-state index < -0.39 is 6.03 Å². The van der Waals surface area contributed by atoms with Crippen LogP contribution in [0.15, 0.2) is 34.9 Å². The molecular formula is C13H15N3O3. The van der Waals surface area contributed by atoms with Gasteiger partial charge in [-0.2, -0.15) is 0 Å². The van der Waals surface area contributed by atoms with Crippen molar-refractivity contribution in [3.05, 3.63) is 36.1 Å². The predicted octanol–water partition coefficient (Wildman–Crippen LogP) is 3.03. The number of nitrogens with zero attached hydrogens (tertiary/aromatic N) is 1. The van der Waals surface area contributed by atoms with Gasteiger partial charge in [0.2, 0.25) is 0 Å². The molecule has 0 radical (unpaired) electrons. The van der Waals surface area contributed by atoms with Crippen LogP contribution in [0, 0.1) is 6.92 Å². The number of hydrogen-bond donors (Lipinski definition) is 2. The lowest BCUT2D eigenvalue weighted by Crippen LogP contribution is -2.20. The zero-order chi connectivity index (χ0) is 13.7. The monoisotopic (exact) mass is 261 g/mol. The molecule has 0 saturated carbocycles. The number of amides is 2. The van der Waals surface area contributed by atoms with Gasteiger partial charge in [-0.15, -0.1) is 0 Å². The number of para-hydroxylation sites is 2. The van der Waals surface area contributed by atoms with Crippen LogP contribution in [-0.4, -0.2) is 17.8 Å². The van der Waals surface area contributed by atoms with Crippen molar-refractivity contribution in [2.24, 2.45) is 0 Å². The van der Waals surface area contributed by atoms with Crippen LogP contribution in [0.3, 0.4) is 0 Å². The SMILES string of the molecule is CCOc1ccccc1NC(=O)Nc1cc(C)on1. The van der Waals surface area contributed by atoms with Gasteiger partial charge >= 0.3 is 6.03 Å². The van der Waals surface area contributed by atoms with Gasteiger partial charge in [0, 0.05) is 6.07 Å². The molecule has 0 bridgehead atoms. The van der Waals surface area contributed by atoms with Gasteiger partial charge in [-0.1, -0.05) is 17.3 Å². The molecule has 1 aromatic carbocycles. The van der Waals surface area contributed by atoms with E-state index in [0.29, 0.717) is 29.6 Å². The van der Waals surface area contributed by atoms with Crippen molar-refractivity contribution >= 4 is 17.5 Å². The number of anilines is 2. The molecule has 2 rings (SSSR count). The van der Waals surface area contributed by atoms with Crippen molar-refractivity contribution < 1.29 is 14.1 Å². The third-order valence-corrected chi connectivity index (χ3v) is 2.30. The van der Waals surface area contributed by atoms with Crippen molar-refractivity contribution in [1.82, 2.24) is 5.16 Å². The summed E-state index contributed by atoms with van der Waals surface area (Å²) in [6.45, 7) is 4.16. The average Bonchev–Trinajstić information content (AvgIpc) is 2.77. The fourth-order valence-corrected chi connectivity index (χ4v) is 1.55. The Labute approximate surface area is 110 Å². The fraction of sp³-hybridized carbons (Fsp3) is 0.231. The average molecular weight is 261 g/mol. The van der Waals surface area contributed by atoms with Crippen LogP contribution in [0.4, 0.5) is 16.3 Å². The molecule has 1 aromatic heterocycles. The number of urea groups is 1. The van der Waals surface area contributed by atoms with E-state index in [1.165, 1.54) is 0 Å². The Balaban J connectivity index is 2.02. The topological polar surface area (TPSA) is 76.4 Å². The smallest absolute Gasteiger partial charge is 0.325 e. The van der Waals surface area contributed by atoms with Crippen molar-refractivity contribution in [2.75, 3.05) is 17.2 Å². The van der Waals surface area contributed by atoms with Crippen LogP contribution >= 0.6 is 0 Å². The number of carbonyl (C=O) groups is 1. The highest BCUT2D eigenvalue weighted by atomic mass is 16.5. The number of hydrogen-bond acceptors (Lipinski definition) is 4. The molecule has 0 saturated heterocycles. The molecule has 2 aromatic rings. The Bertz CT molecular complexity index is 566. The normalized spacial score (nSPS) is 10.0. The highest BCUT2D eigenvalue weighted by molar-refractivity contribution is 6.00. The van der Waals surface area contributed by atoms with Gasteiger partial charge in [0.05, 0.1) is 12.3 Å². The minimum atomic E-state index is -0.402.